The fourth-order valence-electron chi connectivity index (χ4n) is 2.92. The molecule has 0 radical (unpaired) electrons. The number of carbonyl (C=O) groups excluding carboxylic acids is 1. The van der Waals surface area contributed by atoms with Gasteiger partial charge in [-0.05, 0) is 41.2 Å². The van der Waals surface area contributed by atoms with Crippen LogP contribution in [0.4, 0.5) is 5.69 Å². The Morgan fingerprint density at radius 2 is 1.77 bits per heavy atom. The average molecular weight is 372 g/mol. The Kier molecular flexibility index (Phi) is 6.11. The highest BCUT2D eigenvalue weighted by molar-refractivity contribution is 5.95. The largest absolute Gasteiger partial charge is 0.361 e. The molecule has 0 aliphatic carbocycles. The van der Waals surface area contributed by atoms with Gasteiger partial charge in [0.05, 0.1) is 6.04 Å². The SMILES string of the molecule is CC(C)(C)c1ccc(NC(=O)[C@@H](N)Cc2c[nH]c3ccccc23)cc1.Cl. The predicted molar refractivity (Wildman–Crippen MR) is 111 cm³/mol. The van der Waals surface area contributed by atoms with Crippen molar-refractivity contribution in [3.05, 3.63) is 65.9 Å². The third kappa shape index (κ3) is 4.45. The highest BCUT2D eigenvalue weighted by Gasteiger charge is 2.17. The standard InChI is InChI=1S/C21H25N3O.ClH/c1-21(2,3)15-8-10-16(11-9-15)24-20(25)18(22)12-14-13-23-19-7-5-4-6-17(14)19;/h4-11,13,18,23H,12,22H2,1-3H3,(H,24,25);1H/t18-;/m0./s1. The van der Waals surface area contributed by atoms with E-state index in [0.717, 1.165) is 22.2 Å². The summed E-state index contributed by atoms with van der Waals surface area (Å²) < 4.78 is 0. The lowest BCUT2D eigenvalue weighted by molar-refractivity contribution is -0.117. The Morgan fingerprint density at radius 3 is 2.42 bits per heavy atom. The fraction of sp³-hybridized carbons (Fsp3) is 0.286. The summed E-state index contributed by atoms with van der Waals surface area (Å²) in [6, 6.07) is 15.4. The Hall–Kier alpha value is -2.30. The third-order valence-electron chi connectivity index (χ3n) is 4.47. The van der Waals surface area contributed by atoms with E-state index in [9.17, 15) is 4.79 Å². The van der Waals surface area contributed by atoms with E-state index in [2.05, 4.69) is 31.1 Å². The number of para-hydroxylation sites is 1. The van der Waals surface area contributed by atoms with E-state index < -0.39 is 6.04 Å². The van der Waals surface area contributed by atoms with Crippen LogP contribution < -0.4 is 11.1 Å². The van der Waals surface area contributed by atoms with E-state index >= 15 is 0 Å². The molecule has 138 valence electrons. The normalized spacial score (nSPS) is 12.5. The van der Waals surface area contributed by atoms with Crippen LogP contribution in [0.3, 0.4) is 0 Å². The molecular formula is C21H26ClN3O. The first-order chi connectivity index (χ1) is 11.8. The zero-order valence-corrected chi connectivity index (χ0v) is 16.2. The molecule has 0 aliphatic rings. The molecular weight excluding hydrogens is 346 g/mol. The number of benzene rings is 2. The second-order valence-corrected chi connectivity index (χ2v) is 7.49. The summed E-state index contributed by atoms with van der Waals surface area (Å²) in [6.07, 6.45) is 2.42. The molecule has 5 heteroatoms. The molecule has 0 fully saturated rings. The van der Waals surface area contributed by atoms with E-state index in [1.165, 1.54) is 5.56 Å². The Morgan fingerprint density at radius 1 is 1.12 bits per heavy atom. The second-order valence-electron chi connectivity index (χ2n) is 7.49. The number of amides is 1. The number of hydrogen-bond donors (Lipinski definition) is 3. The molecule has 1 atom stereocenters. The molecule has 4 nitrogen and oxygen atoms in total. The molecule has 0 spiro atoms. The quantitative estimate of drug-likeness (QED) is 0.636. The number of fused-ring (bicyclic) bond motifs is 1. The van der Waals surface area contributed by atoms with Crippen molar-refractivity contribution in [2.45, 2.75) is 38.6 Å². The molecule has 0 unspecified atom stereocenters. The first kappa shape index (κ1) is 20.0. The molecule has 4 N–H and O–H groups in total. The fourth-order valence-corrected chi connectivity index (χ4v) is 2.92. The number of nitrogens with two attached hydrogens (primary N) is 1. The maximum absolute atomic E-state index is 12.4. The minimum absolute atomic E-state index is 0. The number of nitrogens with one attached hydrogen (secondary N) is 2. The molecule has 1 heterocycles. The first-order valence-electron chi connectivity index (χ1n) is 8.56. The lowest BCUT2D eigenvalue weighted by Gasteiger charge is -2.19. The number of carbonyl (C=O) groups is 1. The van der Waals surface area contributed by atoms with Crippen LogP contribution in [-0.2, 0) is 16.6 Å². The van der Waals surface area contributed by atoms with Gasteiger partial charge in [0.1, 0.15) is 0 Å². The van der Waals surface area contributed by atoms with E-state index in [1.54, 1.807) is 0 Å². The molecule has 0 saturated heterocycles. The van der Waals surface area contributed by atoms with Crippen LogP contribution in [0.25, 0.3) is 10.9 Å². The van der Waals surface area contributed by atoms with Crippen molar-refractivity contribution in [1.29, 1.82) is 0 Å². The molecule has 0 saturated carbocycles. The highest BCUT2D eigenvalue weighted by atomic mass is 35.5. The monoisotopic (exact) mass is 371 g/mol. The van der Waals surface area contributed by atoms with Crippen LogP contribution in [0, 0.1) is 0 Å². The van der Waals surface area contributed by atoms with Gasteiger partial charge in [0.15, 0.2) is 0 Å². The van der Waals surface area contributed by atoms with Gasteiger partial charge in [-0.15, -0.1) is 12.4 Å². The summed E-state index contributed by atoms with van der Waals surface area (Å²) in [5.41, 5.74) is 10.3. The molecule has 1 amide bonds. The molecule has 0 aliphatic heterocycles. The molecule has 2 aromatic carbocycles. The minimum atomic E-state index is -0.596. The Labute approximate surface area is 160 Å². The van der Waals surface area contributed by atoms with Gasteiger partial charge >= 0.3 is 0 Å². The zero-order chi connectivity index (χ0) is 18.0. The lowest BCUT2D eigenvalue weighted by Crippen LogP contribution is -2.37. The maximum atomic E-state index is 12.4. The minimum Gasteiger partial charge on any atom is -0.361 e. The second kappa shape index (κ2) is 7.94. The van der Waals surface area contributed by atoms with Gasteiger partial charge in [0.2, 0.25) is 5.91 Å². The van der Waals surface area contributed by atoms with E-state index in [-0.39, 0.29) is 23.7 Å². The third-order valence-corrected chi connectivity index (χ3v) is 4.47. The van der Waals surface area contributed by atoms with Crippen LogP contribution in [0.15, 0.2) is 54.7 Å². The van der Waals surface area contributed by atoms with Crippen LogP contribution in [0.5, 0.6) is 0 Å². The van der Waals surface area contributed by atoms with Gasteiger partial charge in [0, 0.05) is 22.8 Å². The highest BCUT2D eigenvalue weighted by Crippen LogP contribution is 2.24. The number of aromatic amines is 1. The lowest BCUT2D eigenvalue weighted by atomic mass is 9.87. The topological polar surface area (TPSA) is 70.9 Å². The zero-order valence-electron chi connectivity index (χ0n) is 15.4. The van der Waals surface area contributed by atoms with Gasteiger partial charge in [0.25, 0.3) is 0 Å². The van der Waals surface area contributed by atoms with Crippen molar-refractivity contribution < 1.29 is 4.79 Å². The van der Waals surface area contributed by atoms with Gasteiger partial charge < -0.3 is 16.0 Å². The molecule has 0 bridgehead atoms. The summed E-state index contributed by atoms with van der Waals surface area (Å²) in [6.45, 7) is 6.49. The van der Waals surface area contributed by atoms with Crippen molar-refractivity contribution >= 4 is 34.9 Å². The number of halogens is 1. The van der Waals surface area contributed by atoms with Crippen LogP contribution in [0.2, 0.25) is 0 Å². The maximum Gasteiger partial charge on any atom is 0.241 e. The number of aromatic nitrogens is 1. The number of H-pyrrole nitrogens is 1. The number of anilines is 1. The smallest absolute Gasteiger partial charge is 0.241 e. The summed E-state index contributed by atoms with van der Waals surface area (Å²) in [4.78, 5) is 15.6. The van der Waals surface area contributed by atoms with Crippen LogP contribution in [0.1, 0.15) is 31.9 Å². The molecule has 26 heavy (non-hydrogen) atoms. The average Bonchev–Trinajstić information content (AvgIpc) is 2.97. The van der Waals surface area contributed by atoms with Crippen molar-refractivity contribution in [3.8, 4) is 0 Å². The van der Waals surface area contributed by atoms with Gasteiger partial charge in [-0.3, -0.25) is 4.79 Å². The number of hydrogen-bond acceptors (Lipinski definition) is 2. The van der Waals surface area contributed by atoms with Gasteiger partial charge in [-0.1, -0.05) is 51.1 Å². The first-order valence-corrected chi connectivity index (χ1v) is 8.56. The summed E-state index contributed by atoms with van der Waals surface area (Å²) in [7, 11) is 0. The van der Waals surface area contributed by atoms with Crippen molar-refractivity contribution in [1.82, 2.24) is 4.98 Å². The summed E-state index contributed by atoms with van der Waals surface area (Å²) in [5, 5.41) is 4.02. The van der Waals surface area contributed by atoms with Crippen molar-refractivity contribution in [3.63, 3.8) is 0 Å². The number of rotatable bonds is 4. The molecule has 3 aromatic rings. The van der Waals surface area contributed by atoms with Crippen LogP contribution in [-0.4, -0.2) is 16.9 Å². The summed E-state index contributed by atoms with van der Waals surface area (Å²) >= 11 is 0. The van der Waals surface area contributed by atoms with Crippen molar-refractivity contribution in [2.75, 3.05) is 5.32 Å². The predicted octanol–water partition coefficient (Wildman–Crippen LogP) is 4.40. The van der Waals surface area contributed by atoms with Gasteiger partial charge in [-0.25, -0.2) is 0 Å². The molecule has 3 rings (SSSR count). The van der Waals surface area contributed by atoms with E-state index in [0.29, 0.717) is 6.42 Å². The van der Waals surface area contributed by atoms with Crippen molar-refractivity contribution in [2.24, 2.45) is 5.73 Å². The van der Waals surface area contributed by atoms with E-state index in [1.807, 2.05) is 54.7 Å². The van der Waals surface area contributed by atoms with E-state index in [4.69, 9.17) is 5.73 Å². The van der Waals surface area contributed by atoms with Crippen LogP contribution >= 0.6 is 12.4 Å². The summed E-state index contributed by atoms with van der Waals surface area (Å²) in [5.74, 6) is -0.172. The molecule has 1 aromatic heterocycles. The van der Waals surface area contributed by atoms with Gasteiger partial charge in [-0.2, -0.15) is 0 Å². The Bertz CT molecular complexity index is 878. The Balaban J connectivity index is 0.00000243.